The van der Waals surface area contributed by atoms with Crippen molar-refractivity contribution in [1.29, 1.82) is 0 Å². The summed E-state index contributed by atoms with van der Waals surface area (Å²) in [5, 5.41) is 0. The van der Waals surface area contributed by atoms with Gasteiger partial charge in [-0.15, -0.1) is 0 Å². The highest BCUT2D eigenvalue weighted by molar-refractivity contribution is 5.30. The molecular weight excluding hydrogens is 240 g/mol. The highest BCUT2D eigenvalue weighted by Gasteiger charge is 2.47. The quantitative estimate of drug-likeness (QED) is 0.675. The van der Waals surface area contributed by atoms with Crippen LogP contribution in [0.5, 0.6) is 0 Å². The second kappa shape index (κ2) is 5.61. The average molecular weight is 262 g/mol. The first-order valence-electron chi connectivity index (χ1n) is 7.25. The molecule has 19 heavy (non-hydrogen) atoms. The SMILES string of the molecule is CCCCc1ccc(C2(COCC3CO3)CO2)cc1. The van der Waals surface area contributed by atoms with E-state index in [1.165, 1.54) is 30.4 Å². The summed E-state index contributed by atoms with van der Waals surface area (Å²) in [5.74, 6) is 0. The maximum absolute atomic E-state index is 5.68. The van der Waals surface area contributed by atoms with Gasteiger partial charge in [0.1, 0.15) is 11.7 Å². The van der Waals surface area contributed by atoms with Gasteiger partial charge in [0.2, 0.25) is 0 Å². The van der Waals surface area contributed by atoms with Gasteiger partial charge in [-0.3, -0.25) is 0 Å². The number of aryl methyl sites for hydroxylation is 1. The molecule has 2 fully saturated rings. The molecule has 2 unspecified atom stereocenters. The van der Waals surface area contributed by atoms with Crippen molar-refractivity contribution in [3.63, 3.8) is 0 Å². The lowest BCUT2D eigenvalue weighted by molar-refractivity contribution is 0.0671. The summed E-state index contributed by atoms with van der Waals surface area (Å²) < 4.78 is 16.5. The molecule has 0 radical (unpaired) electrons. The summed E-state index contributed by atoms with van der Waals surface area (Å²) >= 11 is 0. The van der Waals surface area contributed by atoms with Crippen LogP contribution in [0.15, 0.2) is 24.3 Å². The average Bonchev–Trinajstić information content (AvgIpc) is 3.33. The lowest BCUT2D eigenvalue weighted by Crippen LogP contribution is -2.19. The molecule has 2 saturated heterocycles. The van der Waals surface area contributed by atoms with Gasteiger partial charge in [-0.05, 0) is 24.0 Å². The van der Waals surface area contributed by atoms with Crippen LogP contribution in [-0.2, 0) is 26.2 Å². The van der Waals surface area contributed by atoms with E-state index in [2.05, 4.69) is 31.2 Å². The Hall–Kier alpha value is -0.900. The molecule has 0 spiro atoms. The van der Waals surface area contributed by atoms with E-state index in [1.54, 1.807) is 0 Å². The van der Waals surface area contributed by atoms with E-state index in [0.29, 0.717) is 19.3 Å². The van der Waals surface area contributed by atoms with Crippen molar-refractivity contribution in [2.45, 2.75) is 37.9 Å². The third-order valence-electron chi connectivity index (χ3n) is 3.83. The van der Waals surface area contributed by atoms with Gasteiger partial charge < -0.3 is 14.2 Å². The zero-order valence-electron chi connectivity index (χ0n) is 11.6. The number of unbranched alkanes of at least 4 members (excludes halogenated alkanes) is 1. The van der Waals surface area contributed by atoms with Crippen LogP contribution in [0, 0.1) is 0 Å². The van der Waals surface area contributed by atoms with Gasteiger partial charge in [0.15, 0.2) is 0 Å². The van der Waals surface area contributed by atoms with Crippen LogP contribution >= 0.6 is 0 Å². The van der Waals surface area contributed by atoms with Crippen molar-refractivity contribution in [1.82, 2.24) is 0 Å². The van der Waals surface area contributed by atoms with Gasteiger partial charge in [-0.25, -0.2) is 0 Å². The molecule has 3 rings (SSSR count). The largest absolute Gasteiger partial charge is 0.375 e. The molecule has 2 atom stereocenters. The Morgan fingerprint density at radius 1 is 1.32 bits per heavy atom. The fourth-order valence-electron chi connectivity index (χ4n) is 2.30. The van der Waals surface area contributed by atoms with Gasteiger partial charge in [0.25, 0.3) is 0 Å². The minimum absolute atomic E-state index is 0.182. The number of epoxide rings is 2. The molecule has 0 saturated carbocycles. The molecule has 0 N–H and O–H groups in total. The minimum atomic E-state index is -0.182. The molecule has 1 aromatic carbocycles. The van der Waals surface area contributed by atoms with Crippen LogP contribution in [0.25, 0.3) is 0 Å². The molecule has 2 aliphatic rings. The number of hydrogen-bond donors (Lipinski definition) is 0. The van der Waals surface area contributed by atoms with Crippen LogP contribution < -0.4 is 0 Å². The maximum atomic E-state index is 5.68. The highest BCUT2D eigenvalue weighted by atomic mass is 16.6. The molecular formula is C16H22O3. The Bertz CT molecular complexity index is 405. The van der Waals surface area contributed by atoms with Gasteiger partial charge in [0, 0.05) is 0 Å². The Kier molecular flexibility index (Phi) is 3.87. The second-order valence-electron chi connectivity index (χ2n) is 5.55. The van der Waals surface area contributed by atoms with E-state index in [9.17, 15) is 0 Å². The van der Waals surface area contributed by atoms with Crippen LogP contribution in [0.2, 0.25) is 0 Å². The zero-order chi connectivity index (χ0) is 13.1. The van der Waals surface area contributed by atoms with Gasteiger partial charge >= 0.3 is 0 Å². The molecule has 2 heterocycles. The van der Waals surface area contributed by atoms with E-state index in [0.717, 1.165) is 13.2 Å². The normalized spacial score (nSPS) is 28.4. The number of ether oxygens (including phenoxy) is 3. The Balaban J connectivity index is 1.54. The minimum Gasteiger partial charge on any atom is -0.375 e. The second-order valence-corrected chi connectivity index (χ2v) is 5.55. The van der Waals surface area contributed by atoms with Crippen molar-refractivity contribution < 1.29 is 14.2 Å². The first kappa shape index (κ1) is 13.1. The van der Waals surface area contributed by atoms with Crippen molar-refractivity contribution >= 4 is 0 Å². The van der Waals surface area contributed by atoms with E-state index in [4.69, 9.17) is 14.2 Å². The van der Waals surface area contributed by atoms with Gasteiger partial charge in [0.05, 0.1) is 26.4 Å². The zero-order valence-corrected chi connectivity index (χ0v) is 11.6. The van der Waals surface area contributed by atoms with E-state index < -0.39 is 0 Å². The molecule has 3 heteroatoms. The third-order valence-corrected chi connectivity index (χ3v) is 3.83. The molecule has 1 aromatic rings. The molecule has 3 nitrogen and oxygen atoms in total. The van der Waals surface area contributed by atoms with Crippen molar-refractivity contribution in [2.75, 3.05) is 26.4 Å². The summed E-state index contributed by atoms with van der Waals surface area (Å²) in [7, 11) is 0. The van der Waals surface area contributed by atoms with Crippen LogP contribution in [0.4, 0.5) is 0 Å². The van der Waals surface area contributed by atoms with Gasteiger partial charge in [-0.1, -0.05) is 37.6 Å². The summed E-state index contributed by atoms with van der Waals surface area (Å²) in [5.41, 5.74) is 2.47. The van der Waals surface area contributed by atoms with E-state index in [-0.39, 0.29) is 5.60 Å². The van der Waals surface area contributed by atoms with E-state index >= 15 is 0 Å². The fraction of sp³-hybridized carbons (Fsp3) is 0.625. The number of rotatable bonds is 8. The third kappa shape index (κ3) is 3.35. The monoisotopic (exact) mass is 262 g/mol. The lowest BCUT2D eigenvalue weighted by atomic mass is 9.98. The molecule has 2 aliphatic heterocycles. The van der Waals surface area contributed by atoms with Crippen molar-refractivity contribution in [2.24, 2.45) is 0 Å². The van der Waals surface area contributed by atoms with Crippen molar-refractivity contribution in [3.8, 4) is 0 Å². The lowest BCUT2D eigenvalue weighted by Gasteiger charge is -2.13. The fourth-order valence-corrected chi connectivity index (χ4v) is 2.30. The standard InChI is InChI=1S/C16H22O3/c1-2-3-4-13-5-7-14(8-6-13)16(12-19-16)11-17-9-15-10-18-15/h5-8,15H,2-4,9-12H2,1H3. The van der Waals surface area contributed by atoms with Crippen LogP contribution in [0.1, 0.15) is 30.9 Å². The predicted octanol–water partition coefficient (Wildman–Crippen LogP) is 2.67. The summed E-state index contributed by atoms with van der Waals surface area (Å²) in [6.07, 6.45) is 3.99. The summed E-state index contributed by atoms with van der Waals surface area (Å²) in [4.78, 5) is 0. The Labute approximate surface area is 114 Å². The van der Waals surface area contributed by atoms with E-state index in [1.807, 2.05) is 0 Å². The Morgan fingerprint density at radius 2 is 2.05 bits per heavy atom. The first-order chi connectivity index (χ1) is 9.32. The first-order valence-corrected chi connectivity index (χ1v) is 7.25. The number of hydrogen-bond acceptors (Lipinski definition) is 3. The molecule has 104 valence electrons. The molecule has 0 bridgehead atoms. The predicted molar refractivity (Wildman–Crippen MR) is 73.2 cm³/mol. The van der Waals surface area contributed by atoms with Crippen LogP contribution in [0.3, 0.4) is 0 Å². The van der Waals surface area contributed by atoms with Crippen LogP contribution in [-0.4, -0.2) is 32.5 Å². The maximum Gasteiger partial charge on any atom is 0.140 e. The molecule has 0 amide bonds. The topological polar surface area (TPSA) is 34.3 Å². The molecule has 0 aromatic heterocycles. The highest BCUT2D eigenvalue weighted by Crippen LogP contribution is 2.39. The number of benzene rings is 1. The van der Waals surface area contributed by atoms with Gasteiger partial charge in [-0.2, -0.15) is 0 Å². The molecule has 0 aliphatic carbocycles. The Morgan fingerprint density at radius 3 is 2.63 bits per heavy atom. The summed E-state index contributed by atoms with van der Waals surface area (Å²) in [6, 6.07) is 8.82. The van der Waals surface area contributed by atoms with Crippen molar-refractivity contribution in [3.05, 3.63) is 35.4 Å². The smallest absolute Gasteiger partial charge is 0.140 e. The summed E-state index contributed by atoms with van der Waals surface area (Å²) in [6.45, 7) is 5.18.